The molecule has 1 fully saturated rings. The second-order valence-electron chi connectivity index (χ2n) is 7.86. The molecule has 166 valence electrons. The zero-order valence-electron chi connectivity index (χ0n) is 18.0. The fourth-order valence-corrected chi connectivity index (χ4v) is 3.62. The summed E-state index contributed by atoms with van der Waals surface area (Å²) in [6.45, 7) is 5.88. The highest BCUT2D eigenvalue weighted by molar-refractivity contribution is 6.02. The second-order valence-corrected chi connectivity index (χ2v) is 7.86. The van der Waals surface area contributed by atoms with Crippen LogP contribution < -0.4 is 10.6 Å². The van der Waals surface area contributed by atoms with Crippen LogP contribution in [0.1, 0.15) is 38.1 Å². The number of furan rings is 1. The Morgan fingerprint density at radius 3 is 2.34 bits per heavy atom. The number of nitrogens with one attached hydrogen (secondary N) is 2. The predicted molar refractivity (Wildman–Crippen MR) is 122 cm³/mol. The Kier molecular flexibility index (Phi) is 6.99. The third kappa shape index (κ3) is 5.63. The molecule has 0 saturated carbocycles. The maximum absolute atomic E-state index is 13.0. The van der Waals surface area contributed by atoms with Crippen molar-refractivity contribution in [1.29, 1.82) is 0 Å². The lowest BCUT2D eigenvalue weighted by Crippen LogP contribution is -2.43. The highest BCUT2D eigenvalue weighted by Crippen LogP contribution is 2.18. The number of aryl methyl sites for hydroxylation is 1. The maximum atomic E-state index is 13.0. The molecule has 1 aliphatic heterocycles. The van der Waals surface area contributed by atoms with E-state index in [1.54, 1.807) is 36.4 Å². The summed E-state index contributed by atoms with van der Waals surface area (Å²) in [6.07, 6.45) is 1.45. The quantitative estimate of drug-likeness (QED) is 0.594. The van der Waals surface area contributed by atoms with Crippen LogP contribution in [0, 0.1) is 6.92 Å². The van der Waals surface area contributed by atoms with Crippen LogP contribution >= 0.6 is 0 Å². The summed E-state index contributed by atoms with van der Waals surface area (Å²) in [4.78, 5) is 27.4. The van der Waals surface area contributed by atoms with Gasteiger partial charge in [-0.1, -0.05) is 29.8 Å². The molecule has 3 aromatic rings. The number of carbonyl (C=O) groups excluding carboxylic acids is 2. The molecule has 0 aliphatic carbocycles. The average Bonchev–Trinajstić information content (AvgIpc) is 3.36. The first-order valence-corrected chi connectivity index (χ1v) is 10.7. The lowest BCUT2D eigenvalue weighted by molar-refractivity contribution is 0.0332. The van der Waals surface area contributed by atoms with Crippen LogP contribution in [0.2, 0.25) is 0 Å². The summed E-state index contributed by atoms with van der Waals surface area (Å²) in [5.41, 5.74) is 3.36. The third-order valence-electron chi connectivity index (χ3n) is 5.48. The van der Waals surface area contributed by atoms with Crippen molar-refractivity contribution in [3.8, 4) is 0 Å². The van der Waals surface area contributed by atoms with Crippen LogP contribution in [0.3, 0.4) is 0 Å². The van der Waals surface area contributed by atoms with E-state index in [9.17, 15) is 9.59 Å². The average molecular weight is 434 g/mol. The SMILES string of the molecule is Cc1ccc(C(CN2CCOCC2)NC(=O)c2ccc(NC(=O)c3ccco3)cc2)cc1. The van der Waals surface area contributed by atoms with Gasteiger partial charge in [0.1, 0.15) is 0 Å². The van der Waals surface area contributed by atoms with Gasteiger partial charge in [0.25, 0.3) is 11.8 Å². The molecule has 7 nitrogen and oxygen atoms in total. The van der Waals surface area contributed by atoms with Crippen LogP contribution in [-0.2, 0) is 4.74 Å². The predicted octanol–water partition coefficient (Wildman–Crippen LogP) is 3.64. The summed E-state index contributed by atoms with van der Waals surface area (Å²) < 4.78 is 10.5. The Labute approximate surface area is 187 Å². The third-order valence-corrected chi connectivity index (χ3v) is 5.48. The molecule has 7 heteroatoms. The summed E-state index contributed by atoms with van der Waals surface area (Å²) in [6, 6.07) is 18.2. The molecule has 2 N–H and O–H groups in total. The molecule has 1 aromatic heterocycles. The number of rotatable bonds is 7. The molecule has 4 rings (SSSR count). The molecule has 1 unspecified atom stereocenters. The molecule has 0 radical (unpaired) electrons. The van der Waals surface area contributed by atoms with E-state index in [-0.39, 0.29) is 23.6 Å². The zero-order chi connectivity index (χ0) is 22.3. The molecule has 1 aliphatic rings. The zero-order valence-corrected chi connectivity index (χ0v) is 18.0. The fourth-order valence-electron chi connectivity index (χ4n) is 3.62. The Morgan fingerprint density at radius 2 is 1.69 bits per heavy atom. The highest BCUT2D eigenvalue weighted by Gasteiger charge is 2.21. The van der Waals surface area contributed by atoms with Crippen molar-refractivity contribution >= 4 is 17.5 Å². The van der Waals surface area contributed by atoms with Crippen molar-refractivity contribution in [3.63, 3.8) is 0 Å². The van der Waals surface area contributed by atoms with Crippen molar-refractivity contribution < 1.29 is 18.7 Å². The normalized spacial score (nSPS) is 15.2. The number of carbonyl (C=O) groups is 2. The van der Waals surface area contributed by atoms with E-state index in [2.05, 4.69) is 39.8 Å². The number of anilines is 1. The Hall–Kier alpha value is -3.42. The molecule has 0 bridgehead atoms. The van der Waals surface area contributed by atoms with E-state index in [0.717, 1.165) is 25.2 Å². The van der Waals surface area contributed by atoms with E-state index in [1.807, 2.05) is 6.92 Å². The number of hydrogen-bond acceptors (Lipinski definition) is 5. The number of nitrogens with zero attached hydrogens (tertiary/aromatic N) is 1. The first-order chi connectivity index (χ1) is 15.6. The summed E-state index contributed by atoms with van der Waals surface area (Å²) in [7, 11) is 0. The molecule has 2 amide bonds. The van der Waals surface area contributed by atoms with Gasteiger partial charge in [0.15, 0.2) is 5.76 Å². The van der Waals surface area contributed by atoms with Gasteiger partial charge >= 0.3 is 0 Å². The molecule has 32 heavy (non-hydrogen) atoms. The first-order valence-electron chi connectivity index (χ1n) is 10.7. The van der Waals surface area contributed by atoms with Crippen molar-refractivity contribution in [2.24, 2.45) is 0 Å². The van der Waals surface area contributed by atoms with E-state index in [4.69, 9.17) is 9.15 Å². The summed E-state index contributed by atoms with van der Waals surface area (Å²) in [5, 5.41) is 5.93. The van der Waals surface area contributed by atoms with Crippen LogP contribution in [0.5, 0.6) is 0 Å². The number of morpholine rings is 1. The van der Waals surface area contributed by atoms with E-state index in [0.29, 0.717) is 24.5 Å². The van der Waals surface area contributed by atoms with Crippen molar-refractivity contribution in [2.75, 3.05) is 38.2 Å². The molecule has 2 aromatic carbocycles. The Balaban J connectivity index is 1.43. The van der Waals surface area contributed by atoms with Gasteiger partial charge in [-0.3, -0.25) is 14.5 Å². The molecule has 2 heterocycles. The summed E-state index contributed by atoms with van der Waals surface area (Å²) in [5.74, 6) is -0.263. The van der Waals surface area contributed by atoms with Gasteiger partial charge < -0.3 is 19.8 Å². The number of benzene rings is 2. The highest BCUT2D eigenvalue weighted by atomic mass is 16.5. The van der Waals surface area contributed by atoms with Gasteiger partial charge in [-0.05, 0) is 48.9 Å². The van der Waals surface area contributed by atoms with Gasteiger partial charge in [-0.25, -0.2) is 0 Å². The minimum Gasteiger partial charge on any atom is -0.459 e. The minimum absolute atomic E-state index is 0.139. The van der Waals surface area contributed by atoms with E-state index >= 15 is 0 Å². The van der Waals surface area contributed by atoms with Gasteiger partial charge in [-0.2, -0.15) is 0 Å². The van der Waals surface area contributed by atoms with Crippen LogP contribution in [0.15, 0.2) is 71.3 Å². The van der Waals surface area contributed by atoms with Gasteiger partial charge in [0, 0.05) is 30.9 Å². The molecular weight excluding hydrogens is 406 g/mol. The molecule has 1 saturated heterocycles. The minimum atomic E-state index is -0.336. The van der Waals surface area contributed by atoms with Crippen molar-refractivity contribution in [1.82, 2.24) is 10.2 Å². The lowest BCUT2D eigenvalue weighted by atomic mass is 10.0. The van der Waals surface area contributed by atoms with Crippen LogP contribution in [-0.4, -0.2) is 49.6 Å². The van der Waals surface area contributed by atoms with Crippen LogP contribution in [0.25, 0.3) is 0 Å². The monoisotopic (exact) mass is 433 g/mol. The van der Waals surface area contributed by atoms with Gasteiger partial charge in [0.05, 0.1) is 25.5 Å². The first kappa shape index (κ1) is 21.8. The maximum Gasteiger partial charge on any atom is 0.291 e. The summed E-state index contributed by atoms with van der Waals surface area (Å²) >= 11 is 0. The van der Waals surface area contributed by atoms with Crippen molar-refractivity contribution in [2.45, 2.75) is 13.0 Å². The Morgan fingerprint density at radius 1 is 0.969 bits per heavy atom. The largest absolute Gasteiger partial charge is 0.459 e. The number of hydrogen-bond donors (Lipinski definition) is 2. The molecule has 0 spiro atoms. The van der Waals surface area contributed by atoms with E-state index < -0.39 is 0 Å². The smallest absolute Gasteiger partial charge is 0.291 e. The standard InChI is InChI=1S/C25H27N3O4/c1-18-4-6-19(7-5-18)22(17-28-12-15-31-16-13-28)27-24(29)20-8-10-21(11-9-20)26-25(30)23-3-2-14-32-23/h2-11,14,22H,12-13,15-17H2,1H3,(H,26,30)(H,27,29). The topological polar surface area (TPSA) is 83.8 Å². The van der Waals surface area contributed by atoms with Crippen molar-refractivity contribution in [3.05, 3.63) is 89.4 Å². The fraction of sp³-hybridized carbons (Fsp3) is 0.280. The molecular formula is C25H27N3O4. The van der Waals surface area contributed by atoms with E-state index in [1.165, 1.54) is 11.8 Å². The lowest BCUT2D eigenvalue weighted by Gasteiger charge is -2.31. The number of ether oxygens (including phenoxy) is 1. The molecule has 1 atom stereocenters. The second kappa shape index (κ2) is 10.3. The number of amides is 2. The van der Waals surface area contributed by atoms with Crippen LogP contribution in [0.4, 0.5) is 5.69 Å². The van der Waals surface area contributed by atoms with Gasteiger partial charge in [0.2, 0.25) is 0 Å². The Bertz CT molecular complexity index is 1020. The van der Waals surface area contributed by atoms with Gasteiger partial charge in [-0.15, -0.1) is 0 Å².